The van der Waals surface area contributed by atoms with Crippen LogP contribution in [-0.4, -0.2) is 61.8 Å². The number of esters is 1. The first-order chi connectivity index (χ1) is 13.3. The number of aryl methyl sites for hydroxylation is 1. The third-order valence-corrected chi connectivity index (χ3v) is 6.59. The van der Waals surface area contributed by atoms with Crippen LogP contribution in [0.15, 0.2) is 23.1 Å². The molecule has 0 aromatic heterocycles. The largest absolute Gasteiger partial charge is 0.460 e. The van der Waals surface area contributed by atoms with Gasteiger partial charge in [-0.15, -0.1) is 0 Å². The van der Waals surface area contributed by atoms with E-state index in [1.807, 2.05) is 20.8 Å². The normalized spacial score (nSPS) is 12.1. The lowest BCUT2D eigenvalue weighted by molar-refractivity contribution is -0.154. The summed E-state index contributed by atoms with van der Waals surface area (Å²) in [7, 11) is -2.02. The number of amides is 1. The van der Waals surface area contributed by atoms with Crippen molar-refractivity contribution in [3.63, 3.8) is 0 Å². The van der Waals surface area contributed by atoms with E-state index in [-0.39, 0.29) is 23.2 Å². The Hall–Kier alpha value is -1.93. The van der Waals surface area contributed by atoms with Gasteiger partial charge in [0.2, 0.25) is 10.0 Å². The molecule has 0 unspecified atom stereocenters. The third-order valence-electron chi connectivity index (χ3n) is 4.40. The zero-order valence-corrected chi connectivity index (χ0v) is 19.4. The highest BCUT2D eigenvalue weighted by atomic mass is 32.2. The fourth-order valence-corrected chi connectivity index (χ4v) is 4.60. The molecule has 0 aliphatic heterocycles. The van der Waals surface area contributed by atoms with Gasteiger partial charge < -0.3 is 9.64 Å². The molecular formula is C21H34N2O5S. The minimum absolute atomic E-state index is 0.147. The van der Waals surface area contributed by atoms with E-state index in [4.69, 9.17) is 4.74 Å². The number of hydrogen-bond acceptors (Lipinski definition) is 5. The van der Waals surface area contributed by atoms with Crippen LogP contribution in [0, 0.1) is 6.92 Å². The molecule has 0 atom stereocenters. The Balaban J connectivity index is 2.89. The SMILES string of the molecule is CCN(CC)S(=O)(=O)c1cc(C(=O)N(C)CCCC(=O)OC(C)(C)C)ccc1C. The van der Waals surface area contributed by atoms with E-state index >= 15 is 0 Å². The standard InChI is InChI=1S/C21H34N2O5S/c1-8-23(9-2)29(26,27)18-15-17(13-12-16(18)3)20(25)22(7)14-10-11-19(24)28-21(4,5)6/h12-13,15H,8-11,14H2,1-7H3. The van der Waals surface area contributed by atoms with Gasteiger partial charge in [0.05, 0.1) is 4.90 Å². The van der Waals surface area contributed by atoms with Crippen LogP contribution in [-0.2, 0) is 19.6 Å². The average Bonchev–Trinajstić information content (AvgIpc) is 2.60. The fourth-order valence-electron chi connectivity index (χ4n) is 2.89. The summed E-state index contributed by atoms with van der Waals surface area (Å²) in [6.07, 6.45) is 0.679. The summed E-state index contributed by atoms with van der Waals surface area (Å²) in [5.74, 6) is -0.591. The molecule has 0 bridgehead atoms. The highest BCUT2D eigenvalue weighted by Crippen LogP contribution is 2.22. The third kappa shape index (κ3) is 7.12. The van der Waals surface area contributed by atoms with Gasteiger partial charge in [-0.05, 0) is 51.8 Å². The second-order valence-corrected chi connectivity index (χ2v) is 9.89. The first-order valence-corrected chi connectivity index (χ1v) is 11.4. The van der Waals surface area contributed by atoms with Gasteiger partial charge in [-0.1, -0.05) is 19.9 Å². The Morgan fingerprint density at radius 1 is 1.10 bits per heavy atom. The number of carbonyl (C=O) groups excluding carboxylic acids is 2. The predicted octanol–water partition coefficient (Wildman–Crippen LogP) is 3.22. The molecule has 7 nitrogen and oxygen atoms in total. The highest BCUT2D eigenvalue weighted by molar-refractivity contribution is 7.89. The Morgan fingerprint density at radius 2 is 1.69 bits per heavy atom. The van der Waals surface area contributed by atoms with Gasteiger partial charge >= 0.3 is 5.97 Å². The lowest BCUT2D eigenvalue weighted by atomic mass is 10.1. The molecule has 1 aromatic rings. The molecule has 1 amide bonds. The van der Waals surface area contributed by atoms with Gasteiger partial charge in [0.15, 0.2) is 0 Å². The number of sulfonamides is 1. The molecule has 0 N–H and O–H groups in total. The summed E-state index contributed by atoms with van der Waals surface area (Å²) in [6, 6.07) is 4.72. The number of ether oxygens (including phenoxy) is 1. The highest BCUT2D eigenvalue weighted by Gasteiger charge is 2.25. The van der Waals surface area contributed by atoms with Crippen LogP contribution in [0.25, 0.3) is 0 Å². The smallest absolute Gasteiger partial charge is 0.306 e. The van der Waals surface area contributed by atoms with Gasteiger partial charge in [-0.25, -0.2) is 8.42 Å². The molecule has 0 aliphatic carbocycles. The van der Waals surface area contributed by atoms with Gasteiger partial charge in [0.25, 0.3) is 5.91 Å². The van der Waals surface area contributed by atoms with E-state index in [0.717, 1.165) is 0 Å². The monoisotopic (exact) mass is 426 g/mol. The molecule has 0 aliphatic rings. The van der Waals surface area contributed by atoms with Gasteiger partial charge in [0.1, 0.15) is 5.60 Å². The molecule has 1 rings (SSSR count). The summed E-state index contributed by atoms with van der Waals surface area (Å²) in [5.41, 5.74) is 0.370. The van der Waals surface area contributed by atoms with Crippen molar-refractivity contribution >= 4 is 21.9 Å². The minimum atomic E-state index is -3.66. The van der Waals surface area contributed by atoms with Crippen molar-refractivity contribution in [2.75, 3.05) is 26.7 Å². The minimum Gasteiger partial charge on any atom is -0.460 e. The van der Waals surface area contributed by atoms with Gasteiger partial charge in [-0.2, -0.15) is 4.31 Å². The van der Waals surface area contributed by atoms with E-state index in [1.54, 1.807) is 40.0 Å². The van der Waals surface area contributed by atoms with E-state index in [0.29, 0.717) is 37.2 Å². The molecule has 0 spiro atoms. The van der Waals surface area contributed by atoms with Gasteiger partial charge in [0, 0.05) is 38.7 Å². The van der Waals surface area contributed by atoms with Crippen molar-refractivity contribution in [3.8, 4) is 0 Å². The molecule has 0 saturated carbocycles. The number of benzene rings is 1. The van der Waals surface area contributed by atoms with Crippen LogP contribution >= 0.6 is 0 Å². The Morgan fingerprint density at radius 3 is 2.21 bits per heavy atom. The predicted molar refractivity (Wildman–Crippen MR) is 113 cm³/mol. The molecule has 29 heavy (non-hydrogen) atoms. The molecular weight excluding hydrogens is 392 g/mol. The van der Waals surface area contributed by atoms with Crippen LogP contribution in [0.3, 0.4) is 0 Å². The van der Waals surface area contributed by atoms with Gasteiger partial charge in [-0.3, -0.25) is 9.59 Å². The summed E-state index contributed by atoms with van der Waals surface area (Å²) in [6.45, 7) is 11.8. The Labute approximate surface area is 175 Å². The van der Waals surface area contributed by atoms with Crippen LogP contribution in [0.1, 0.15) is 63.4 Å². The first-order valence-electron chi connectivity index (χ1n) is 9.91. The fraction of sp³-hybridized carbons (Fsp3) is 0.619. The van der Waals surface area contributed by atoms with Crippen molar-refractivity contribution < 1.29 is 22.7 Å². The quantitative estimate of drug-likeness (QED) is 0.566. The van der Waals surface area contributed by atoms with Crippen LogP contribution < -0.4 is 0 Å². The van der Waals surface area contributed by atoms with Crippen molar-refractivity contribution in [2.24, 2.45) is 0 Å². The molecule has 0 heterocycles. The van der Waals surface area contributed by atoms with E-state index in [2.05, 4.69) is 0 Å². The molecule has 0 fully saturated rings. The maximum Gasteiger partial charge on any atom is 0.306 e. The number of nitrogens with zero attached hydrogens (tertiary/aromatic N) is 2. The first kappa shape index (κ1) is 25.1. The summed E-state index contributed by atoms with van der Waals surface area (Å²) in [4.78, 5) is 26.2. The molecule has 0 radical (unpaired) electrons. The summed E-state index contributed by atoms with van der Waals surface area (Å²) in [5, 5.41) is 0. The van der Waals surface area contributed by atoms with Crippen LogP contribution in [0.2, 0.25) is 0 Å². The number of carbonyl (C=O) groups is 2. The summed E-state index contributed by atoms with van der Waals surface area (Å²) < 4.78 is 32.4. The van der Waals surface area contributed by atoms with Crippen molar-refractivity contribution in [1.82, 2.24) is 9.21 Å². The van der Waals surface area contributed by atoms with Crippen molar-refractivity contribution in [3.05, 3.63) is 29.3 Å². The molecule has 0 saturated heterocycles. The Kier molecular flexibility index (Phi) is 8.84. The second-order valence-electron chi connectivity index (χ2n) is 7.99. The number of hydrogen-bond donors (Lipinski definition) is 0. The Bertz CT molecular complexity index is 824. The topological polar surface area (TPSA) is 84.0 Å². The molecule has 1 aromatic carbocycles. The lowest BCUT2D eigenvalue weighted by Crippen LogP contribution is -2.32. The van der Waals surface area contributed by atoms with Crippen molar-refractivity contribution in [1.29, 1.82) is 0 Å². The summed E-state index contributed by atoms with van der Waals surface area (Å²) >= 11 is 0. The maximum atomic E-state index is 12.9. The van der Waals surface area contributed by atoms with Crippen LogP contribution in [0.5, 0.6) is 0 Å². The molecule has 164 valence electrons. The van der Waals surface area contributed by atoms with E-state index in [1.165, 1.54) is 15.3 Å². The zero-order chi connectivity index (χ0) is 22.4. The second kappa shape index (κ2) is 10.2. The average molecular weight is 427 g/mol. The zero-order valence-electron chi connectivity index (χ0n) is 18.6. The number of rotatable bonds is 9. The van der Waals surface area contributed by atoms with Crippen molar-refractivity contribution in [2.45, 2.75) is 64.9 Å². The van der Waals surface area contributed by atoms with E-state index < -0.39 is 15.6 Å². The molecule has 8 heteroatoms. The van der Waals surface area contributed by atoms with E-state index in [9.17, 15) is 18.0 Å². The lowest BCUT2D eigenvalue weighted by Gasteiger charge is -2.22. The maximum absolute atomic E-state index is 12.9. The van der Waals surface area contributed by atoms with Crippen LogP contribution in [0.4, 0.5) is 0 Å².